The molecule has 1 aliphatic heterocycles. The van der Waals surface area contributed by atoms with Crippen LogP contribution in [-0.2, 0) is 4.74 Å². The molecule has 1 N–H and O–H groups in total. The van der Waals surface area contributed by atoms with Crippen LogP contribution in [0.2, 0.25) is 0 Å². The summed E-state index contributed by atoms with van der Waals surface area (Å²) in [7, 11) is 1.78. The van der Waals surface area contributed by atoms with E-state index in [-0.39, 0.29) is 0 Å². The van der Waals surface area contributed by atoms with Gasteiger partial charge in [0, 0.05) is 32.2 Å². The van der Waals surface area contributed by atoms with Crippen molar-refractivity contribution in [1.29, 1.82) is 0 Å². The van der Waals surface area contributed by atoms with E-state index in [4.69, 9.17) is 4.74 Å². The van der Waals surface area contributed by atoms with E-state index < -0.39 is 0 Å². The van der Waals surface area contributed by atoms with E-state index in [1.54, 1.807) is 7.11 Å². The summed E-state index contributed by atoms with van der Waals surface area (Å²) in [5, 5.41) is 3.47. The summed E-state index contributed by atoms with van der Waals surface area (Å²) < 4.78 is 5.25. The Morgan fingerprint density at radius 3 is 2.90 bits per heavy atom. The third kappa shape index (κ3) is 3.70. The average molecular weight is 277 g/mol. The van der Waals surface area contributed by atoms with Crippen molar-refractivity contribution in [2.75, 3.05) is 38.3 Å². The van der Waals surface area contributed by atoms with Crippen LogP contribution in [0.1, 0.15) is 38.4 Å². The Bertz CT molecular complexity index is 393. The van der Waals surface area contributed by atoms with Crippen LogP contribution in [0.15, 0.2) is 18.3 Å². The maximum absolute atomic E-state index is 5.25. The zero-order valence-corrected chi connectivity index (χ0v) is 12.9. The maximum Gasteiger partial charge on any atom is 0.0574 e. The molecule has 0 amide bonds. The molecule has 4 heteroatoms. The van der Waals surface area contributed by atoms with Gasteiger partial charge in [-0.25, -0.2) is 0 Å². The van der Waals surface area contributed by atoms with E-state index in [0.717, 1.165) is 38.4 Å². The van der Waals surface area contributed by atoms with Crippen molar-refractivity contribution in [3.8, 4) is 0 Å². The minimum absolute atomic E-state index is 0.369. The van der Waals surface area contributed by atoms with Crippen molar-refractivity contribution in [3.05, 3.63) is 24.0 Å². The largest absolute Gasteiger partial charge is 0.384 e. The van der Waals surface area contributed by atoms with Crippen LogP contribution in [0, 0.1) is 5.92 Å². The molecule has 0 aliphatic carbocycles. The summed E-state index contributed by atoms with van der Waals surface area (Å²) in [6, 6.07) is 4.74. The molecule has 0 saturated carbocycles. The molecule has 20 heavy (non-hydrogen) atoms. The zero-order chi connectivity index (χ0) is 14.4. The van der Waals surface area contributed by atoms with Gasteiger partial charge in [-0.1, -0.05) is 13.8 Å². The van der Waals surface area contributed by atoms with Gasteiger partial charge in [-0.3, -0.25) is 4.98 Å². The van der Waals surface area contributed by atoms with Crippen LogP contribution in [0.4, 0.5) is 5.69 Å². The summed E-state index contributed by atoms with van der Waals surface area (Å²) in [6.45, 7) is 8.36. The number of rotatable bonds is 7. The molecule has 2 atom stereocenters. The lowest BCUT2D eigenvalue weighted by molar-refractivity contribution is 0.161. The smallest absolute Gasteiger partial charge is 0.0574 e. The monoisotopic (exact) mass is 277 g/mol. The minimum atomic E-state index is 0.369. The molecule has 1 fully saturated rings. The Morgan fingerprint density at radius 2 is 2.30 bits per heavy atom. The van der Waals surface area contributed by atoms with Gasteiger partial charge < -0.3 is 15.0 Å². The van der Waals surface area contributed by atoms with Crippen molar-refractivity contribution in [3.63, 3.8) is 0 Å². The van der Waals surface area contributed by atoms with E-state index in [0.29, 0.717) is 12.0 Å². The number of hydrogen-bond donors (Lipinski definition) is 1. The fourth-order valence-corrected chi connectivity index (χ4v) is 2.93. The highest BCUT2D eigenvalue weighted by molar-refractivity contribution is 5.45. The number of aromatic nitrogens is 1. The number of methoxy groups -OCH3 is 1. The van der Waals surface area contributed by atoms with Crippen LogP contribution in [0.5, 0.6) is 0 Å². The standard InChI is InChI=1S/C16H27N3O/c1-4-15(17-5-2)16-7-6-14(10-18-16)19-9-8-13(11-19)12-20-3/h6-7,10,13,15,17H,4-5,8-9,11-12H2,1-3H3. The summed E-state index contributed by atoms with van der Waals surface area (Å²) in [5.74, 6) is 0.657. The van der Waals surface area contributed by atoms with E-state index in [1.165, 1.54) is 12.1 Å². The second-order valence-electron chi connectivity index (χ2n) is 5.52. The van der Waals surface area contributed by atoms with Gasteiger partial charge in [-0.15, -0.1) is 0 Å². The Hall–Kier alpha value is -1.13. The van der Waals surface area contributed by atoms with Gasteiger partial charge in [-0.05, 0) is 31.5 Å². The highest BCUT2D eigenvalue weighted by Crippen LogP contribution is 2.24. The lowest BCUT2D eigenvalue weighted by atomic mass is 10.1. The van der Waals surface area contributed by atoms with Crippen molar-refractivity contribution in [2.45, 2.75) is 32.7 Å². The van der Waals surface area contributed by atoms with E-state index in [2.05, 4.69) is 41.2 Å². The molecule has 4 nitrogen and oxygen atoms in total. The molecule has 112 valence electrons. The number of ether oxygens (including phenoxy) is 1. The third-order valence-electron chi connectivity index (χ3n) is 4.04. The molecule has 0 radical (unpaired) electrons. The predicted octanol–water partition coefficient (Wildman–Crippen LogP) is 2.61. The zero-order valence-electron chi connectivity index (χ0n) is 12.9. The SMILES string of the molecule is CCNC(CC)c1ccc(N2CCC(COC)C2)cn1. The average Bonchev–Trinajstić information content (AvgIpc) is 2.94. The Kier molecular flexibility index (Phi) is 5.80. The summed E-state index contributed by atoms with van der Waals surface area (Å²) in [5.41, 5.74) is 2.38. The quantitative estimate of drug-likeness (QED) is 0.831. The second kappa shape index (κ2) is 7.60. The van der Waals surface area contributed by atoms with Gasteiger partial charge in [0.25, 0.3) is 0 Å². The van der Waals surface area contributed by atoms with Crippen LogP contribution in [-0.4, -0.2) is 38.3 Å². The van der Waals surface area contributed by atoms with Gasteiger partial charge in [0.2, 0.25) is 0 Å². The third-order valence-corrected chi connectivity index (χ3v) is 4.04. The summed E-state index contributed by atoms with van der Waals surface area (Å²) >= 11 is 0. The highest BCUT2D eigenvalue weighted by Gasteiger charge is 2.22. The van der Waals surface area contributed by atoms with Crippen LogP contribution in [0.3, 0.4) is 0 Å². The second-order valence-corrected chi connectivity index (χ2v) is 5.52. The molecule has 1 aliphatic rings. The van der Waals surface area contributed by atoms with Crippen LogP contribution in [0.25, 0.3) is 0 Å². The molecular formula is C16H27N3O. The lowest BCUT2D eigenvalue weighted by Crippen LogP contribution is -2.23. The first kappa shape index (κ1) is 15.3. The molecule has 0 spiro atoms. The molecule has 0 bridgehead atoms. The van der Waals surface area contributed by atoms with Gasteiger partial charge in [-0.2, -0.15) is 0 Å². The van der Waals surface area contributed by atoms with E-state index in [1.807, 2.05) is 6.20 Å². The molecular weight excluding hydrogens is 250 g/mol. The predicted molar refractivity (Wildman–Crippen MR) is 83.1 cm³/mol. The van der Waals surface area contributed by atoms with E-state index in [9.17, 15) is 0 Å². The fraction of sp³-hybridized carbons (Fsp3) is 0.688. The maximum atomic E-state index is 5.25. The highest BCUT2D eigenvalue weighted by atomic mass is 16.5. The van der Waals surface area contributed by atoms with E-state index >= 15 is 0 Å². The van der Waals surface area contributed by atoms with Crippen LogP contribution < -0.4 is 10.2 Å². The Labute approximate surface area is 122 Å². The van der Waals surface area contributed by atoms with Crippen molar-refractivity contribution < 1.29 is 4.74 Å². The fourth-order valence-electron chi connectivity index (χ4n) is 2.93. The van der Waals surface area contributed by atoms with Gasteiger partial charge in [0.15, 0.2) is 0 Å². The number of nitrogens with zero attached hydrogens (tertiary/aromatic N) is 2. The molecule has 0 aromatic carbocycles. The lowest BCUT2D eigenvalue weighted by Gasteiger charge is -2.20. The van der Waals surface area contributed by atoms with Gasteiger partial charge in [0.1, 0.15) is 0 Å². The topological polar surface area (TPSA) is 37.4 Å². The summed E-state index contributed by atoms with van der Waals surface area (Å²) in [6.07, 6.45) is 4.30. The van der Waals surface area contributed by atoms with Crippen LogP contribution >= 0.6 is 0 Å². The Morgan fingerprint density at radius 1 is 1.45 bits per heavy atom. The summed E-state index contributed by atoms with van der Waals surface area (Å²) in [4.78, 5) is 7.06. The van der Waals surface area contributed by atoms with Crippen molar-refractivity contribution in [1.82, 2.24) is 10.3 Å². The molecule has 2 heterocycles. The Balaban J connectivity index is 1.98. The minimum Gasteiger partial charge on any atom is -0.384 e. The molecule has 2 unspecified atom stereocenters. The van der Waals surface area contributed by atoms with Gasteiger partial charge >= 0.3 is 0 Å². The molecule has 2 rings (SSSR count). The first-order chi connectivity index (χ1) is 9.78. The normalized spacial score (nSPS) is 20.4. The number of pyridine rings is 1. The molecule has 1 aromatic rings. The first-order valence-electron chi connectivity index (χ1n) is 7.71. The number of hydrogen-bond acceptors (Lipinski definition) is 4. The number of nitrogens with one attached hydrogen (secondary N) is 1. The van der Waals surface area contributed by atoms with Crippen molar-refractivity contribution in [2.24, 2.45) is 5.92 Å². The number of anilines is 1. The molecule has 1 aromatic heterocycles. The first-order valence-corrected chi connectivity index (χ1v) is 7.71. The molecule has 1 saturated heterocycles. The van der Waals surface area contributed by atoms with Crippen molar-refractivity contribution >= 4 is 5.69 Å². The van der Waals surface area contributed by atoms with Gasteiger partial charge in [0.05, 0.1) is 24.2 Å².